The number of amides is 1. The summed E-state index contributed by atoms with van der Waals surface area (Å²) < 4.78 is 1.80. The average molecular weight is 383 g/mol. The van der Waals surface area contributed by atoms with E-state index < -0.39 is 6.10 Å². The van der Waals surface area contributed by atoms with Gasteiger partial charge in [0.05, 0.1) is 20.8 Å². The number of thiophene rings is 1. The number of halogens is 2. The Morgan fingerprint density at radius 1 is 1.41 bits per heavy atom. The third-order valence-electron chi connectivity index (χ3n) is 2.91. The van der Waals surface area contributed by atoms with Gasteiger partial charge in [0.25, 0.3) is 5.91 Å². The predicted molar refractivity (Wildman–Crippen MR) is 75.4 cm³/mol. The van der Waals surface area contributed by atoms with Crippen LogP contribution in [0.5, 0.6) is 0 Å². The molecule has 3 nitrogen and oxygen atoms in total. The molecular formula is C11H13Br2NO2S. The molecule has 2 N–H and O–H groups in total. The van der Waals surface area contributed by atoms with Crippen LogP contribution in [0.25, 0.3) is 0 Å². The fourth-order valence-corrected chi connectivity index (χ4v) is 3.92. The highest BCUT2D eigenvalue weighted by atomic mass is 79.9. The molecular weight excluding hydrogens is 370 g/mol. The average Bonchev–Trinajstić information content (AvgIpc) is 2.63. The summed E-state index contributed by atoms with van der Waals surface area (Å²) in [4.78, 5) is 12.6. The van der Waals surface area contributed by atoms with Crippen molar-refractivity contribution < 1.29 is 9.90 Å². The Bertz CT molecular complexity index is 402. The van der Waals surface area contributed by atoms with Crippen molar-refractivity contribution >= 4 is 49.1 Å². The molecule has 2 atom stereocenters. The van der Waals surface area contributed by atoms with Crippen molar-refractivity contribution in [3.63, 3.8) is 0 Å². The Kier molecular flexibility index (Phi) is 4.63. The van der Waals surface area contributed by atoms with E-state index in [9.17, 15) is 9.90 Å². The highest BCUT2D eigenvalue weighted by Gasteiger charge is 2.25. The van der Waals surface area contributed by atoms with Crippen molar-refractivity contribution in [2.75, 3.05) is 0 Å². The second kappa shape index (κ2) is 5.82. The maximum absolute atomic E-state index is 12.0. The number of nitrogens with one attached hydrogen (secondary N) is 1. The van der Waals surface area contributed by atoms with E-state index in [0.717, 1.165) is 33.9 Å². The number of carbonyl (C=O) groups is 1. The fourth-order valence-electron chi connectivity index (χ4n) is 1.98. The van der Waals surface area contributed by atoms with E-state index in [-0.39, 0.29) is 11.9 Å². The van der Waals surface area contributed by atoms with Gasteiger partial charge in [-0.2, -0.15) is 0 Å². The maximum atomic E-state index is 12.0. The molecule has 0 unspecified atom stereocenters. The minimum Gasteiger partial charge on any atom is -0.391 e. The van der Waals surface area contributed by atoms with Gasteiger partial charge in [0.1, 0.15) is 0 Å². The number of aliphatic hydroxyl groups excluding tert-OH is 1. The predicted octanol–water partition coefficient (Wildman–Crippen LogP) is 3.31. The maximum Gasteiger partial charge on any atom is 0.261 e. The van der Waals surface area contributed by atoms with Gasteiger partial charge in [0, 0.05) is 4.47 Å². The second-order valence-electron chi connectivity index (χ2n) is 4.16. The van der Waals surface area contributed by atoms with Crippen LogP contribution in [-0.4, -0.2) is 23.2 Å². The van der Waals surface area contributed by atoms with Crippen LogP contribution in [0.15, 0.2) is 14.3 Å². The van der Waals surface area contributed by atoms with Crippen LogP contribution in [0.2, 0.25) is 0 Å². The molecule has 17 heavy (non-hydrogen) atoms. The van der Waals surface area contributed by atoms with Crippen LogP contribution in [-0.2, 0) is 0 Å². The molecule has 1 aromatic heterocycles. The van der Waals surface area contributed by atoms with Gasteiger partial charge in [0.15, 0.2) is 0 Å². The van der Waals surface area contributed by atoms with Crippen LogP contribution < -0.4 is 5.32 Å². The Hall–Kier alpha value is 0.0900. The van der Waals surface area contributed by atoms with Gasteiger partial charge in [-0.1, -0.05) is 12.8 Å². The molecule has 1 aliphatic carbocycles. The monoisotopic (exact) mass is 381 g/mol. The summed E-state index contributed by atoms with van der Waals surface area (Å²) in [5.41, 5.74) is 0. The zero-order valence-corrected chi connectivity index (χ0v) is 13.1. The molecule has 0 saturated heterocycles. The smallest absolute Gasteiger partial charge is 0.261 e. The van der Waals surface area contributed by atoms with Crippen molar-refractivity contribution in [3.8, 4) is 0 Å². The Balaban J connectivity index is 2.01. The lowest BCUT2D eigenvalue weighted by Gasteiger charge is -2.28. The van der Waals surface area contributed by atoms with E-state index in [1.165, 1.54) is 11.3 Å². The molecule has 0 bridgehead atoms. The van der Waals surface area contributed by atoms with Crippen LogP contribution in [0, 0.1) is 0 Å². The number of hydrogen-bond donors (Lipinski definition) is 2. The Morgan fingerprint density at radius 3 is 2.71 bits per heavy atom. The van der Waals surface area contributed by atoms with E-state index >= 15 is 0 Å². The van der Waals surface area contributed by atoms with Crippen molar-refractivity contribution in [1.29, 1.82) is 0 Å². The molecule has 0 aliphatic heterocycles. The summed E-state index contributed by atoms with van der Waals surface area (Å²) >= 11 is 8.11. The third kappa shape index (κ3) is 3.30. The van der Waals surface area contributed by atoms with E-state index in [2.05, 4.69) is 37.2 Å². The molecule has 0 spiro atoms. The lowest BCUT2D eigenvalue weighted by molar-refractivity contribution is 0.0720. The van der Waals surface area contributed by atoms with Gasteiger partial charge in [-0.15, -0.1) is 11.3 Å². The number of hydrogen-bond acceptors (Lipinski definition) is 3. The van der Waals surface area contributed by atoms with Crippen molar-refractivity contribution in [1.82, 2.24) is 5.32 Å². The van der Waals surface area contributed by atoms with Gasteiger partial charge < -0.3 is 10.4 Å². The molecule has 1 amide bonds. The highest BCUT2D eigenvalue weighted by molar-refractivity contribution is 9.13. The number of rotatable bonds is 2. The zero-order chi connectivity index (χ0) is 12.4. The van der Waals surface area contributed by atoms with Gasteiger partial charge in [0.2, 0.25) is 0 Å². The summed E-state index contributed by atoms with van der Waals surface area (Å²) in [6.07, 6.45) is 3.35. The molecule has 6 heteroatoms. The first-order valence-corrected chi connectivity index (χ1v) is 7.92. The van der Waals surface area contributed by atoms with Crippen molar-refractivity contribution in [2.24, 2.45) is 0 Å². The lowest BCUT2D eigenvalue weighted by Crippen LogP contribution is -2.44. The van der Waals surface area contributed by atoms with E-state index in [1.54, 1.807) is 6.07 Å². The van der Waals surface area contributed by atoms with Crippen LogP contribution in [0.3, 0.4) is 0 Å². The SMILES string of the molecule is O=C(N[C@H]1CCCC[C@@H]1O)c1cc(Br)c(Br)s1. The first-order chi connectivity index (χ1) is 8.08. The largest absolute Gasteiger partial charge is 0.391 e. The van der Waals surface area contributed by atoms with E-state index in [1.807, 2.05) is 0 Å². The Morgan fingerprint density at radius 2 is 2.12 bits per heavy atom. The zero-order valence-electron chi connectivity index (χ0n) is 9.08. The van der Waals surface area contributed by atoms with Gasteiger partial charge in [-0.3, -0.25) is 4.79 Å². The molecule has 1 saturated carbocycles. The molecule has 0 radical (unpaired) electrons. The number of aliphatic hydroxyl groups is 1. The summed E-state index contributed by atoms with van der Waals surface area (Å²) in [5, 5.41) is 12.7. The van der Waals surface area contributed by atoms with Crippen LogP contribution in [0.1, 0.15) is 35.4 Å². The molecule has 1 aromatic rings. The van der Waals surface area contributed by atoms with E-state index in [0.29, 0.717) is 4.88 Å². The molecule has 94 valence electrons. The molecule has 0 aromatic carbocycles. The van der Waals surface area contributed by atoms with Crippen LogP contribution in [0.4, 0.5) is 0 Å². The second-order valence-corrected chi connectivity index (χ2v) is 7.39. The standard InChI is InChI=1S/C11H13Br2NO2S/c12-6-5-9(17-10(6)13)11(16)14-7-3-1-2-4-8(7)15/h5,7-8,15H,1-4H2,(H,14,16)/t7-,8-/m0/s1. The topological polar surface area (TPSA) is 49.3 Å². The van der Waals surface area contributed by atoms with Crippen LogP contribution >= 0.6 is 43.2 Å². The summed E-state index contributed by atoms with van der Waals surface area (Å²) in [7, 11) is 0. The molecule has 2 rings (SSSR count). The van der Waals surface area contributed by atoms with Gasteiger partial charge in [-0.25, -0.2) is 0 Å². The first-order valence-electron chi connectivity index (χ1n) is 5.51. The normalized spacial score (nSPS) is 24.6. The molecule has 1 fully saturated rings. The quantitative estimate of drug-likeness (QED) is 0.824. The fraction of sp³-hybridized carbons (Fsp3) is 0.545. The number of carbonyl (C=O) groups excluding carboxylic acids is 1. The van der Waals surface area contributed by atoms with E-state index in [4.69, 9.17) is 0 Å². The minimum atomic E-state index is -0.403. The van der Waals surface area contributed by atoms with Gasteiger partial charge >= 0.3 is 0 Å². The van der Waals surface area contributed by atoms with Gasteiger partial charge in [-0.05, 0) is 50.8 Å². The van der Waals surface area contributed by atoms with Crippen molar-refractivity contribution in [3.05, 3.63) is 19.2 Å². The third-order valence-corrected chi connectivity index (χ3v) is 6.17. The summed E-state index contributed by atoms with van der Waals surface area (Å²) in [6.45, 7) is 0. The lowest BCUT2D eigenvalue weighted by atomic mass is 9.92. The first kappa shape index (κ1) is 13.5. The minimum absolute atomic E-state index is 0.101. The van der Waals surface area contributed by atoms with Crippen molar-refractivity contribution in [2.45, 2.75) is 37.8 Å². The molecule has 1 heterocycles. The molecule has 1 aliphatic rings. The Labute approximate surface area is 121 Å². The summed E-state index contributed by atoms with van der Waals surface area (Å²) in [5.74, 6) is -0.104. The highest BCUT2D eigenvalue weighted by Crippen LogP contribution is 2.32. The summed E-state index contributed by atoms with van der Waals surface area (Å²) in [6, 6.07) is 1.69.